The molecule has 1 fully saturated rings. The minimum Gasteiger partial charge on any atom is -0.379 e. The minimum absolute atomic E-state index is 0.0750. The van der Waals surface area contributed by atoms with Crippen LogP contribution in [-0.4, -0.2) is 62.3 Å². The van der Waals surface area contributed by atoms with Crippen molar-refractivity contribution in [1.29, 1.82) is 0 Å². The summed E-state index contributed by atoms with van der Waals surface area (Å²) in [6.45, 7) is 8.04. The molecular formula is C23H26N6O3. The molecule has 0 unspecified atom stereocenters. The third-order valence-electron chi connectivity index (χ3n) is 5.95. The van der Waals surface area contributed by atoms with Gasteiger partial charge in [0.05, 0.1) is 36.1 Å². The van der Waals surface area contributed by atoms with Gasteiger partial charge in [-0.05, 0) is 31.5 Å². The predicted octanol–water partition coefficient (Wildman–Crippen LogP) is 2.74. The van der Waals surface area contributed by atoms with Gasteiger partial charge in [0.15, 0.2) is 5.82 Å². The summed E-state index contributed by atoms with van der Waals surface area (Å²) < 4.78 is 10.6. The molecule has 2 N–H and O–H groups in total. The van der Waals surface area contributed by atoms with Crippen LogP contribution in [0, 0.1) is 13.8 Å². The SMILES string of the molecule is Cc1noc(C)c1CC(=O)Cc1cn[nH]c1-c1nc2ccc(CN3CCOCC3)cc2[nH]1. The molecule has 5 rings (SSSR count). The molecule has 0 aliphatic carbocycles. The number of hydrogen-bond donors (Lipinski definition) is 2. The monoisotopic (exact) mass is 434 g/mol. The third-order valence-corrected chi connectivity index (χ3v) is 5.95. The number of ether oxygens (including phenoxy) is 1. The van der Waals surface area contributed by atoms with Gasteiger partial charge in [-0.2, -0.15) is 5.10 Å². The lowest BCUT2D eigenvalue weighted by Gasteiger charge is -2.26. The number of aromatic nitrogens is 5. The summed E-state index contributed by atoms with van der Waals surface area (Å²) in [5.74, 6) is 1.44. The first-order chi connectivity index (χ1) is 15.6. The van der Waals surface area contributed by atoms with E-state index in [1.165, 1.54) is 5.56 Å². The number of ketones is 1. The van der Waals surface area contributed by atoms with E-state index in [-0.39, 0.29) is 18.6 Å². The van der Waals surface area contributed by atoms with Crippen molar-refractivity contribution in [3.05, 3.63) is 52.5 Å². The molecule has 4 heterocycles. The van der Waals surface area contributed by atoms with Crippen LogP contribution in [0.3, 0.4) is 0 Å². The van der Waals surface area contributed by atoms with Gasteiger partial charge < -0.3 is 14.2 Å². The summed E-state index contributed by atoms with van der Waals surface area (Å²) in [7, 11) is 0. The summed E-state index contributed by atoms with van der Waals surface area (Å²) >= 11 is 0. The molecule has 0 saturated carbocycles. The molecule has 1 saturated heterocycles. The van der Waals surface area contributed by atoms with Crippen molar-refractivity contribution in [3.8, 4) is 11.5 Å². The number of H-pyrrole nitrogens is 2. The zero-order chi connectivity index (χ0) is 22.1. The molecule has 0 bridgehead atoms. The van der Waals surface area contributed by atoms with Gasteiger partial charge in [0.25, 0.3) is 0 Å². The average Bonchev–Trinajstić information content (AvgIpc) is 3.49. The Morgan fingerprint density at radius 2 is 2.03 bits per heavy atom. The topological polar surface area (TPSA) is 113 Å². The maximum atomic E-state index is 12.7. The van der Waals surface area contributed by atoms with Crippen LogP contribution in [0.1, 0.15) is 28.1 Å². The quantitative estimate of drug-likeness (QED) is 0.460. The summed E-state index contributed by atoms with van der Waals surface area (Å²) in [6, 6.07) is 6.28. The molecule has 1 aromatic carbocycles. The van der Waals surface area contributed by atoms with Gasteiger partial charge in [0.2, 0.25) is 0 Å². The van der Waals surface area contributed by atoms with Crippen LogP contribution in [0.15, 0.2) is 28.9 Å². The van der Waals surface area contributed by atoms with Gasteiger partial charge in [0, 0.05) is 43.6 Å². The fourth-order valence-electron chi connectivity index (χ4n) is 4.17. The van der Waals surface area contributed by atoms with Gasteiger partial charge in [0.1, 0.15) is 17.2 Å². The first-order valence-electron chi connectivity index (χ1n) is 10.8. The second kappa shape index (κ2) is 8.68. The van der Waals surface area contributed by atoms with Crippen LogP contribution >= 0.6 is 0 Å². The van der Waals surface area contributed by atoms with E-state index in [0.29, 0.717) is 11.6 Å². The molecule has 1 aliphatic rings. The number of hydrogen-bond acceptors (Lipinski definition) is 7. The van der Waals surface area contributed by atoms with Gasteiger partial charge in [-0.15, -0.1) is 0 Å². The summed E-state index contributed by atoms with van der Waals surface area (Å²) in [4.78, 5) is 23.2. The number of aromatic amines is 2. The summed E-state index contributed by atoms with van der Waals surface area (Å²) in [5, 5.41) is 11.1. The normalized spacial score (nSPS) is 14.9. The van der Waals surface area contributed by atoms with Crippen LogP contribution in [0.5, 0.6) is 0 Å². The van der Waals surface area contributed by atoms with E-state index in [4.69, 9.17) is 14.2 Å². The molecule has 166 valence electrons. The molecule has 0 atom stereocenters. The second-order valence-corrected chi connectivity index (χ2v) is 8.29. The Morgan fingerprint density at radius 1 is 1.19 bits per heavy atom. The zero-order valence-corrected chi connectivity index (χ0v) is 18.3. The number of rotatable bonds is 7. The van der Waals surface area contributed by atoms with E-state index in [1.807, 2.05) is 19.9 Å². The fourth-order valence-corrected chi connectivity index (χ4v) is 4.17. The Labute approximate surface area is 185 Å². The summed E-state index contributed by atoms with van der Waals surface area (Å²) in [5.41, 5.74) is 6.25. The Bertz CT molecular complexity index is 1230. The fraction of sp³-hybridized carbons (Fsp3) is 0.391. The lowest BCUT2D eigenvalue weighted by Crippen LogP contribution is -2.35. The first kappa shape index (κ1) is 20.6. The number of morpholine rings is 1. The van der Waals surface area contributed by atoms with Crippen molar-refractivity contribution < 1.29 is 14.1 Å². The molecule has 3 aromatic heterocycles. The number of benzene rings is 1. The number of aryl methyl sites for hydroxylation is 2. The van der Waals surface area contributed by atoms with Crippen molar-refractivity contribution in [3.63, 3.8) is 0 Å². The van der Waals surface area contributed by atoms with Crippen LogP contribution in [0.2, 0.25) is 0 Å². The zero-order valence-electron chi connectivity index (χ0n) is 18.3. The predicted molar refractivity (Wildman–Crippen MR) is 118 cm³/mol. The van der Waals surface area contributed by atoms with Gasteiger partial charge >= 0.3 is 0 Å². The largest absolute Gasteiger partial charge is 0.379 e. The maximum Gasteiger partial charge on any atom is 0.156 e. The smallest absolute Gasteiger partial charge is 0.156 e. The molecule has 0 amide bonds. The van der Waals surface area contributed by atoms with E-state index < -0.39 is 0 Å². The molecule has 0 radical (unpaired) electrons. The number of carbonyl (C=O) groups is 1. The van der Waals surface area contributed by atoms with E-state index in [9.17, 15) is 4.79 Å². The number of nitrogens with zero attached hydrogens (tertiary/aromatic N) is 4. The lowest BCUT2D eigenvalue weighted by atomic mass is 10.0. The van der Waals surface area contributed by atoms with Crippen LogP contribution < -0.4 is 0 Å². The highest BCUT2D eigenvalue weighted by Crippen LogP contribution is 2.24. The second-order valence-electron chi connectivity index (χ2n) is 8.29. The van der Waals surface area contributed by atoms with E-state index in [1.54, 1.807) is 6.20 Å². The summed E-state index contributed by atoms with van der Waals surface area (Å²) in [6.07, 6.45) is 2.24. The Balaban J connectivity index is 1.33. The third kappa shape index (κ3) is 4.21. The standard InChI is InChI=1S/C23H26N6O3/c1-14-19(15(2)32-28-14)11-18(30)10-17-12-24-27-22(17)23-25-20-4-3-16(9-21(20)26-23)13-29-5-7-31-8-6-29/h3-4,9,12H,5-8,10-11,13H2,1-2H3,(H,24,27)(H,25,26). The first-order valence-corrected chi connectivity index (χ1v) is 10.8. The van der Waals surface area contributed by atoms with Crippen molar-refractivity contribution in [1.82, 2.24) is 30.2 Å². The molecule has 0 spiro atoms. The number of nitrogens with one attached hydrogen (secondary N) is 2. The number of carbonyl (C=O) groups excluding carboxylic acids is 1. The van der Waals surface area contributed by atoms with Crippen LogP contribution in [0.25, 0.3) is 22.6 Å². The van der Waals surface area contributed by atoms with Gasteiger partial charge in [-0.25, -0.2) is 4.98 Å². The Hall–Kier alpha value is -3.30. The van der Waals surface area contributed by atoms with Gasteiger partial charge in [-0.1, -0.05) is 11.2 Å². The van der Waals surface area contributed by atoms with Crippen molar-refractivity contribution in [2.24, 2.45) is 0 Å². The minimum atomic E-state index is 0.0750. The van der Waals surface area contributed by atoms with E-state index in [0.717, 1.165) is 66.4 Å². The number of fused-ring (bicyclic) bond motifs is 1. The van der Waals surface area contributed by atoms with Crippen molar-refractivity contribution >= 4 is 16.8 Å². The Kier molecular flexibility index (Phi) is 5.59. The maximum absolute atomic E-state index is 12.7. The molecule has 32 heavy (non-hydrogen) atoms. The molecule has 1 aliphatic heterocycles. The van der Waals surface area contributed by atoms with Gasteiger partial charge in [-0.3, -0.25) is 14.8 Å². The molecule has 9 nitrogen and oxygen atoms in total. The van der Waals surface area contributed by atoms with E-state index >= 15 is 0 Å². The highest BCUT2D eigenvalue weighted by atomic mass is 16.5. The average molecular weight is 435 g/mol. The number of imidazole rings is 1. The van der Waals surface area contributed by atoms with Crippen molar-refractivity contribution in [2.45, 2.75) is 33.2 Å². The van der Waals surface area contributed by atoms with Crippen LogP contribution in [0.4, 0.5) is 0 Å². The highest BCUT2D eigenvalue weighted by molar-refractivity contribution is 5.86. The molecule has 9 heteroatoms. The lowest BCUT2D eigenvalue weighted by molar-refractivity contribution is -0.117. The van der Waals surface area contributed by atoms with E-state index in [2.05, 4.69) is 37.4 Å². The van der Waals surface area contributed by atoms with Crippen LogP contribution in [-0.2, 0) is 28.9 Å². The molecular weight excluding hydrogens is 408 g/mol. The van der Waals surface area contributed by atoms with Crippen molar-refractivity contribution in [2.75, 3.05) is 26.3 Å². The molecule has 4 aromatic rings. The number of Topliss-reactive ketones (excluding diaryl/α,β-unsaturated/α-hetero) is 1. The highest BCUT2D eigenvalue weighted by Gasteiger charge is 2.18. The Morgan fingerprint density at radius 3 is 2.81 bits per heavy atom.